The minimum absolute atomic E-state index is 0.178. The van der Waals surface area contributed by atoms with Crippen LogP contribution in [0.4, 0.5) is 6.01 Å². The molecule has 6 nitrogen and oxygen atoms in total. The molecule has 2 aliphatic carbocycles. The monoisotopic (exact) mass is 250 g/mol. The van der Waals surface area contributed by atoms with Crippen LogP contribution >= 0.6 is 0 Å². The third kappa shape index (κ3) is 2.25. The van der Waals surface area contributed by atoms with Crippen molar-refractivity contribution in [2.24, 2.45) is 5.73 Å². The Balaban J connectivity index is 1.65. The Morgan fingerprint density at radius 3 is 2.67 bits per heavy atom. The van der Waals surface area contributed by atoms with Crippen LogP contribution in [0.3, 0.4) is 0 Å². The van der Waals surface area contributed by atoms with Crippen LogP contribution in [0.5, 0.6) is 0 Å². The molecular weight excluding hydrogens is 232 g/mol. The molecule has 3 rings (SSSR count). The summed E-state index contributed by atoms with van der Waals surface area (Å²) in [5.74, 6) is 0.817. The molecule has 1 aromatic rings. The van der Waals surface area contributed by atoms with Gasteiger partial charge in [-0.05, 0) is 25.7 Å². The highest BCUT2D eigenvalue weighted by Crippen LogP contribution is 2.39. The second kappa shape index (κ2) is 4.35. The SMILES string of the molecule is NC1(C(=O)Nc2nnc(C3CC3)o2)CCCCC1. The largest absolute Gasteiger partial charge is 0.408 e. The van der Waals surface area contributed by atoms with Crippen LogP contribution in [0.2, 0.25) is 0 Å². The van der Waals surface area contributed by atoms with Gasteiger partial charge in [0.25, 0.3) is 0 Å². The fraction of sp³-hybridized carbons (Fsp3) is 0.750. The lowest BCUT2D eigenvalue weighted by Crippen LogP contribution is -2.52. The highest BCUT2D eigenvalue weighted by Gasteiger charge is 2.36. The van der Waals surface area contributed by atoms with Crippen LogP contribution in [0.15, 0.2) is 4.42 Å². The van der Waals surface area contributed by atoms with Crippen molar-refractivity contribution in [2.45, 2.75) is 56.4 Å². The van der Waals surface area contributed by atoms with Crippen LogP contribution in [0.1, 0.15) is 56.8 Å². The molecule has 1 amide bonds. The lowest BCUT2D eigenvalue weighted by Gasteiger charge is -2.31. The van der Waals surface area contributed by atoms with Crippen LogP contribution in [-0.4, -0.2) is 21.6 Å². The van der Waals surface area contributed by atoms with Crippen molar-refractivity contribution in [3.05, 3.63) is 5.89 Å². The molecule has 0 bridgehead atoms. The fourth-order valence-electron chi connectivity index (χ4n) is 2.41. The molecule has 0 atom stereocenters. The summed E-state index contributed by atoms with van der Waals surface area (Å²) in [7, 11) is 0. The summed E-state index contributed by atoms with van der Waals surface area (Å²) in [6, 6.07) is 0.178. The molecule has 98 valence electrons. The number of aromatic nitrogens is 2. The number of carbonyl (C=O) groups excluding carboxylic acids is 1. The molecular formula is C12H18N4O2. The van der Waals surface area contributed by atoms with E-state index in [0.717, 1.165) is 44.9 Å². The van der Waals surface area contributed by atoms with Gasteiger partial charge >= 0.3 is 6.01 Å². The maximum atomic E-state index is 12.1. The van der Waals surface area contributed by atoms with Gasteiger partial charge in [0.15, 0.2) is 0 Å². The third-order valence-electron chi connectivity index (χ3n) is 3.79. The van der Waals surface area contributed by atoms with Gasteiger partial charge in [0.1, 0.15) is 0 Å². The molecule has 0 radical (unpaired) electrons. The van der Waals surface area contributed by atoms with E-state index in [2.05, 4.69) is 15.5 Å². The number of anilines is 1. The van der Waals surface area contributed by atoms with E-state index < -0.39 is 5.54 Å². The lowest BCUT2D eigenvalue weighted by molar-refractivity contribution is -0.122. The summed E-state index contributed by atoms with van der Waals surface area (Å²) in [6.45, 7) is 0. The number of amides is 1. The van der Waals surface area contributed by atoms with Crippen molar-refractivity contribution in [3.8, 4) is 0 Å². The van der Waals surface area contributed by atoms with E-state index in [9.17, 15) is 4.79 Å². The van der Waals surface area contributed by atoms with Crippen molar-refractivity contribution in [1.29, 1.82) is 0 Å². The van der Waals surface area contributed by atoms with Crippen LogP contribution in [0, 0.1) is 0 Å². The van der Waals surface area contributed by atoms with E-state index in [0.29, 0.717) is 11.8 Å². The first-order valence-electron chi connectivity index (χ1n) is 6.61. The minimum Gasteiger partial charge on any atom is -0.408 e. The molecule has 1 aromatic heterocycles. The van der Waals surface area contributed by atoms with Crippen molar-refractivity contribution < 1.29 is 9.21 Å². The number of nitrogens with zero attached hydrogens (tertiary/aromatic N) is 2. The predicted molar refractivity (Wildman–Crippen MR) is 64.9 cm³/mol. The van der Waals surface area contributed by atoms with Crippen molar-refractivity contribution in [1.82, 2.24) is 10.2 Å². The fourth-order valence-corrected chi connectivity index (χ4v) is 2.41. The van der Waals surface area contributed by atoms with E-state index in [1.165, 1.54) is 0 Å². The van der Waals surface area contributed by atoms with Gasteiger partial charge in [0.05, 0.1) is 5.54 Å². The van der Waals surface area contributed by atoms with Gasteiger partial charge in [-0.3, -0.25) is 10.1 Å². The first-order valence-corrected chi connectivity index (χ1v) is 6.61. The van der Waals surface area contributed by atoms with E-state index in [4.69, 9.17) is 10.2 Å². The smallest absolute Gasteiger partial charge is 0.322 e. The molecule has 0 saturated heterocycles. The lowest BCUT2D eigenvalue weighted by atomic mass is 9.82. The Bertz CT molecular complexity index is 447. The standard InChI is InChI=1S/C12H18N4O2/c13-12(6-2-1-3-7-12)10(17)14-11-16-15-9(18-11)8-4-5-8/h8H,1-7,13H2,(H,14,16,17). The molecule has 6 heteroatoms. The van der Waals surface area contributed by atoms with Crippen molar-refractivity contribution >= 4 is 11.9 Å². The summed E-state index contributed by atoms with van der Waals surface area (Å²) in [5, 5.41) is 10.4. The number of nitrogens with one attached hydrogen (secondary N) is 1. The quantitative estimate of drug-likeness (QED) is 0.848. The average molecular weight is 250 g/mol. The number of hydrogen-bond donors (Lipinski definition) is 2. The zero-order valence-corrected chi connectivity index (χ0v) is 10.3. The molecule has 0 aromatic carbocycles. The summed E-state index contributed by atoms with van der Waals surface area (Å²) in [6.07, 6.45) is 6.79. The molecule has 18 heavy (non-hydrogen) atoms. The van der Waals surface area contributed by atoms with Crippen molar-refractivity contribution in [3.63, 3.8) is 0 Å². The van der Waals surface area contributed by atoms with Crippen molar-refractivity contribution in [2.75, 3.05) is 5.32 Å². The Kier molecular flexibility index (Phi) is 2.81. The second-order valence-electron chi connectivity index (χ2n) is 5.39. The number of rotatable bonds is 3. The second-order valence-corrected chi connectivity index (χ2v) is 5.39. The molecule has 2 saturated carbocycles. The van der Waals surface area contributed by atoms with E-state index in [1.54, 1.807) is 0 Å². The summed E-state index contributed by atoms with van der Waals surface area (Å²) in [5.41, 5.74) is 5.36. The molecule has 1 heterocycles. The van der Waals surface area contributed by atoms with Gasteiger partial charge in [-0.25, -0.2) is 0 Å². The van der Waals surface area contributed by atoms with E-state index >= 15 is 0 Å². The maximum Gasteiger partial charge on any atom is 0.322 e. The maximum absolute atomic E-state index is 12.1. The first-order chi connectivity index (χ1) is 8.67. The topological polar surface area (TPSA) is 94.0 Å². The zero-order valence-electron chi connectivity index (χ0n) is 10.3. The summed E-state index contributed by atoms with van der Waals surface area (Å²) < 4.78 is 5.40. The molecule has 0 unspecified atom stereocenters. The molecule has 2 fully saturated rings. The average Bonchev–Trinajstić information content (AvgIpc) is 3.11. The zero-order chi connectivity index (χ0) is 12.6. The summed E-state index contributed by atoms with van der Waals surface area (Å²) >= 11 is 0. The van der Waals surface area contributed by atoms with Gasteiger partial charge < -0.3 is 10.2 Å². The third-order valence-corrected chi connectivity index (χ3v) is 3.79. The number of nitrogens with two attached hydrogens (primary N) is 1. The van der Waals surface area contributed by atoms with Gasteiger partial charge in [-0.2, -0.15) is 0 Å². The van der Waals surface area contributed by atoms with Gasteiger partial charge in [0.2, 0.25) is 11.8 Å². The number of carbonyl (C=O) groups is 1. The van der Waals surface area contributed by atoms with Gasteiger partial charge in [0, 0.05) is 5.92 Å². The predicted octanol–water partition coefficient (Wildman–Crippen LogP) is 1.55. The molecule has 0 spiro atoms. The van der Waals surface area contributed by atoms with Gasteiger partial charge in [-0.15, -0.1) is 5.10 Å². The minimum atomic E-state index is -0.771. The van der Waals surface area contributed by atoms with E-state index in [1.807, 2.05) is 0 Å². The Hall–Kier alpha value is -1.43. The molecule has 3 N–H and O–H groups in total. The Labute approximate surface area is 105 Å². The first kappa shape index (κ1) is 11.6. The Morgan fingerprint density at radius 2 is 2.00 bits per heavy atom. The van der Waals surface area contributed by atoms with E-state index in [-0.39, 0.29) is 11.9 Å². The normalized spacial score (nSPS) is 22.7. The number of hydrogen-bond acceptors (Lipinski definition) is 5. The molecule has 0 aliphatic heterocycles. The highest BCUT2D eigenvalue weighted by atomic mass is 16.4. The Morgan fingerprint density at radius 1 is 1.28 bits per heavy atom. The molecule has 2 aliphatic rings. The van der Waals surface area contributed by atoms with Crippen LogP contribution in [0.25, 0.3) is 0 Å². The van der Waals surface area contributed by atoms with Crippen LogP contribution < -0.4 is 11.1 Å². The van der Waals surface area contributed by atoms with Gasteiger partial charge in [-0.1, -0.05) is 24.4 Å². The summed E-state index contributed by atoms with van der Waals surface area (Å²) in [4.78, 5) is 12.1. The highest BCUT2D eigenvalue weighted by molar-refractivity contribution is 5.96. The van der Waals surface area contributed by atoms with Crippen LogP contribution in [-0.2, 0) is 4.79 Å².